The maximum absolute atomic E-state index is 13.0. The molecule has 28 nitrogen and oxygen atoms in total. The van der Waals surface area contributed by atoms with E-state index in [-0.39, 0.29) is 90.7 Å². The summed E-state index contributed by atoms with van der Waals surface area (Å²) in [7, 11) is 2.58. The third-order valence-electron chi connectivity index (χ3n) is 17.0. The van der Waals surface area contributed by atoms with Crippen LogP contribution in [-0.2, 0) is 76.8 Å². The summed E-state index contributed by atoms with van der Waals surface area (Å²) in [6, 6.07) is 59.5. The van der Waals surface area contributed by atoms with E-state index in [1.807, 2.05) is 72.8 Å². The van der Waals surface area contributed by atoms with Crippen molar-refractivity contribution in [1.29, 1.82) is 0 Å². The second-order valence-corrected chi connectivity index (χ2v) is 27.4. The SMILES string of the molecule is COC(=O)Cc1cccc(-c2ccccc2NC(=O)CCc2cc(O)c(O)c(O)c2)c1.COC(=O)c1ccccc1NC(=O)Cc1ccc(O)c(O)c1O.O=C(O)Cc1ccc(-c2ccccc2NC(=O)Cc2ccc(O)c(O)c2O)s1.O=C(O)Cc1ccc(-c2ccccc2NC(=O)c2cccc(-c3ccc(O)c(O)c3O)c2)s1. The van der Waals surface area contributed by atoms with Gasteiger partial charge in [0.1, 0.15) is 0 Å². The molecule has 2 aromatic heterocycles. The third-order valence-corrected chi connectivity index (χ3v) is 19.2. The summed E-state index contributed by atoms with van der Waals surface area (Å²) < 4.78 is 9.35. The number of anilines is 4. The first-order valence-electron chi connectivity index (χ1n) is 34.5. The minimum Gasteiger partial charge on any atom is -0.504 e. The zero-order valence-electron chi connectivity index (χ0n) is 60.9. The predicted octanol–water partition coefficient (Wildman–Crippen LogP) is 13.9. The molecule has 4 amide bonds. The molecule has 0 radical (unpaired) electrons. The number of phenols is 12. The molecule has 12 rings (SSSR count). The molecular weight excluding hydrogens is 1530 g/mol. The largest absolute Gasteiger partial charge is 0.504 e. The van der Waals surface area contributed by atoms with Gasteiger partial charge in [0.2, 0.25) is 35.0 Å². The number of methoxy groups -OCH3 is 2. The average Bonchev–Trinajstić information content (AvgIpc) is 1.79. The van der Waals surface area contributed by atoms with Crippen molar-refractivity contribution in [2.75, 3.05) is 35.5 Å². The first-order chi connectivity index (χ1) is 55.0. The van der Waals surface area contributed by atoms with Crippen LogP contribution in [0.2, 0.25) is 0 Å². The number of esters is 2. The molecule has 0 spiro atoms. The maximum atomic E-state index is 13.0. The normalized spacial score (nSPS) is 10.5. The highest BCUT2D eigenvalue weighted by Crippen LogP contribution is 2.44. The van der Waals surface area contributed by atoms with Crippen LogP contribution in [0.25, 0.3) is 43.1 Å². The van der Waals surface area contributed by atoms with E-state index < -0.39 is 98.7 Å². The lowest BCUT2D eigenvalue weighted by molar-refractivity contribution is -0.140. The Kier molecular flexibility index (Phi) is 28.5. The molecule has 0 fully saturated rings. The second kappa shape index (κ2) is 39.0. The van der Waals surface area contributed by atoms with Crippen molar-refractivity contribution < 1.29 is 119 Å². The van der Waals surface area contributed by atoms with Crippen molar-refractivity contribution in [2.24, 2.45) is 0 Å². The summed E-state index contributed by atoms with van der Waals surface area (Å²) in [5, 5.41) is 144. The number of carbonyl (C=O) groups excluding carboxylic acids is 6. The number of ether oxygens (including phenoxy) is 2. The Morgan fingerprint density at radius 2 is 0.783 bits per heavy atom. The predicted molar refractivity (Wildman–Crippen MR) is 428 cm³/mol. The molecule has 10 aromatic carbocycles. The number of carbonyl (C=O) groups is 8. The molecule has 115 heavy (non-hydrogen) atoms. The van der Waals surface area contributed by atoms with Crippen LogP contribution in [-0.4, -0.2) is 133 Å². The fourth-order valence-electron chi connectivity index (χ4n) is 11.3. The van der Waals surface area contributed by atoms with Crippen LogP contribution in [0, 0.1) is 0 Å². The Morgan fingerprint density at radius 1 is 0.339 bits per heavy atom. The van der Waals surface area contributed by atoms with Crippen LogP contribution in [0.5, 0.6) is 69.0 Å². The van der Waals surface area contributed by atoms with Crippen LogP contribution < -0.4 is 21.3 Å². The Bertz CT molecular complexity index is 5600. The zero-order chi connectivity index (χ0) is 83.2. The van der Waals surface area contributed by atoms with Crippen molar-refractivity contribution in [3.05, 3.63) is 262 Å². The number of hydrogen-bond donors (Lipinski definition) is 18. The van der Waals surface area contributed by atoms with Gasteiger partial charge >= 0.3 is 23.9 Å². The lowest BCUT2D eigenvalue weighted by Crippen LogP contribution is -2.17. The summed E-state index contributed by atoms with van der Waals surface area (Å²) >= 11 is 2.68. The molecule has 30 heteroatoms. The molecule has 12 aromatic rings. The number of thiophene rings is 2. The number of aryl methyl sites for hydroxylation is 1. The van der Waals surface area contributed by atoms with Crippen LogP contribution in [0.1, 0.15) is 59.1 Å². The highest BCUT2D eigenvalue weighted by Gasteiger charge is 2.22. The molecule has 18 N–H and O–H groups in total. The average molecular weight is 1600 g/mol. The molecule has 0 aliphatic heterocycles. The standard InChI is InChI=1S/C25H19NO6S.C24H23NO6.C20H17NO6S.C16H15NO6/c27-20-10-9-17(23(30)24(20)31)14-4-3-5-15(12-14)25(32)26-19-7-2-1-6-18(19)21-11-8-16(33-21)13-22(28)29;1-31-23(29)14-15-5-4-6-17(11-15)18-7-2-3-8-19(18)25-22(28)10-9-16-12-20(26)24(30)21(27)13-16;22-15-7-5-11(19(26)20(15)27)9-17(23)21-14-4-2-1-3-13(14)16-8-6-12(28-16)10-18(24)25;1-23-16(22)10-4-2-3-5-11(10)17-13(19)8-9-6-7-12(18)15(21)14(9)20/h1-12,27,30-31H,13H2,(H,26,32)(H,28,29);2-8,11-13,26-27,30H,9-10,14H2,1H3,(H,25,28);1-8,22,26-27H,9-10H2,(H,21,23)(H,24,25);2-7,18,20-21H,8H2,1H3,(H,17,19). The minimum absolute atomic E-state index is 0.0638. The van der Waals surface area contributed by atoms with Gasteiger partial charge in [0, 0.05) is 81.9 Å². The quantitative estimate of drug-likeness (QED) is 0.0209. The van der Waals surface area contributed by atoms with Gasteiger partial charge in [-0.05, 0) is 132 Å². The van der Waals surface area contributed by atoms with Gasteiger partial charge in [0.05, 0.1) is 57.6 Å². The third kappa shape index (κ3) is 22.6. The number of carboxylic acids is 2. The fourth-order valence-corrected chi connectivity index (χ4v) is 13.4. The van der Waals surface area contributed by atoms with Crippen LogP contribution >= 0.6 is 22.7 Å². The van der Waals surface area contributed by atoms with Crippen molar-refractivity contribution >= 4 is 92.9 Å². The van der Waals surface area contributed by atoms with Gasteiger partial charge in [-0.15, -0.1) is 22.7 Å². The van der Waals surface area contributed by atoms with E-state index >= 15 is 0 Å². The number of rotatable bonds is 23. The zero-order valence-corrected chi connectivity index (χ0v) is 62.5. The van der Waals surface area contributed by atoms with Gasteiger partial charge < -0.3 is 102 Å². The Balaban J connectivity index is 0.000000177. The number of benzene rings is 10. The highest BCUT2D eigenvalue weighted by molar-refractivity contribution is 7.16. The molecule has 0 aliphatic carbocycles. The number of phenolic OH excluding ortho intramolecular Hbond substituents is 12. The van der Waals surface area contributed by atoms with Crippen LogP contribution in [0.3, 0.4) is 0 Å². The van der Waals surface area contributed by atoms with E-state index in [1.54, 1.807) is 84.9 Å². The summed E-state index contributed by atoms with van der Waals surface area (Å²) in [5.41, 5.74) is 8.08. The number of carboxylic acid groups (broad SMARTS) is 2. The monoisotopic (exact) mass is 1600 g/mol. The molecule has 0 saturated heterocycles. The Hall–Kier alpha value is -15.0. The molecule has 0 saturated carbocycles. The molecular formula is C85H74N4O24S2. The Labute approximate surface area is 662 Å². The molecule has 0 bridgehead atoms. The Morgan fingerprint density at radius 3 is 1.30 bits per heavy atom. The number of nitrogens with one attached hydrogen (secondary N) is 4. The van der Waals surface area contributed by atoms with Gasteiger partial charge in [0.25, 0.3) is 5.91 Å². The maximum Gasteiger partial charge on any atom is 0.339 e. The van der Waals surface area contributed by atoms with Gasteiger partial charge in [-0.2, -0.15) is 0 Å². The van der Waals surface area contributed by atoms with Gasteiger partial charge in [0.15, 0.2) is 51.7 Å². The van der Waals surface area contributed by atoms with E-state index in [2.05, 4.69) is 26.0 Å². The van der Waals surface area contributed by atoms with E-state index in [1.165, 1.54) is 97.6 Å². The van der Waals surface area contributed by atoms with E-state index in [0.29, 0.717) is 43.5 Å². The van der Waals surface area contributed by atoms with Crippen molar-refractivity contribution in [3.63, 3.8) is 0 Å². The van der Waals surface area contributed by atoms with E-state index in [4.69, 9.17) is 14.9 Å². The smallest absolute Gasteiger partial charge is 0.339 e. The van der Waals surface area contributed by atoms with Crippen LogP contribution in [0.4, 0.5) is 22.7 Å². The van der Waals surface area contributed by atoms with E-state index in [9.17, 15) is 99.6 Å². The highest BCUT2D eigenvalue weighted by atomic mass is 32.1. The summed E-state index contributed by atoms with van der Waals surface area (Å²) in [4.78, 5) is 98.1. The van der Waals surface area contributed by atoms with Crippen molar-refractivity contribution in [1.82, 2.24) is 0 Å². The molecule has 0 atom stereocenters. The first kappa shape index (κ1) is 84.0. The van der Waals surface area contributed by atoms with E-state index in [0.717, 1.165) is 37.6 Å². The summed E-state index contributed by atoms with van der Waals surface area (Å²) in [5.74, 6) is -10.7. The van der Waals surface area contributed by atoms with Gasteiger partial charge in [-0.1, -0.05) is 115 Å². The van der Waals surface area contributed by atoms with Crippen molar-refractivity contribution in [3.8, 4) is 112 Å². The minimum atomic E-state index is -0.910. The topological polar surface area (TPSA) is 486 Å². The second-order valence-electron chi connectivity index (χ2n) is 25.0. The lowest BCUT2D eigenvalue weighted by atomic mass is 10.00. The van der Waals surface area contributed by atoms with Gasteiger partial charge in [-0.25, -0.2) is 4.79 Å². The number of amides is 4. The molecule has 2 heterocycles. The number of aliphatic carboxylic acids is 2. The van der Waals surface area contributed by atoms with Gasteiger partial charge in [-0.3, -0.25) is 33.6 Å². The molecule has 0 unspecified atom stereocenters. The van der Waals surface area contributed by atoms with Crippen LogP contribution in [0.15, 0.2) is 218 Å². The number of aromatic hydroxyl groups is 12. The molecule has 0 aliphatic rings. The summed E-state index contributed by atoms with van der Waals surface area (Å²) in [6.07, 6.45) is -0.0536. The first-order valence-corrected chi connectivity index (χ1v) is 36.1. The number of hydrogen-bond acceptors (Lipinski definition) is 24. The van der Waals surface area contributed by atoms with Crippen molar-refractivity contribution in [2.45, 2.75) is 44.9 Å². The number of para-hydroxylation sites is 4. The fraction of sp³-hybridized carbons (Fsp3) is 0.106. The summed E-state index contributed by atoms with van der Waals surface area (Å²) in [6.45, 7) is 0. The molecule has 590 valence electrons. The lowest BCUT2D eigenvalue weighted by Gasteiger charge is -2.12.